The van der Waals surface area contributed by atoms with E-state index in [1.54, 1.807) is 0 Å². The zero-order valence-electron chi connectivity index (χ0n) is 67.7. The van der Waals surface area contributed by atoms with Gasteiger partial charge in [-0.05, 0) is 232 Å². The van der Waals surface area contributed by atoms with Gasteiger partial charge in [0.25, 0.3) is 0 Å². The lowest BCUT2D eigenvalue weighted by Crippen LogP contribution is -1.97. The summed E-state index contributed by atoms with van der Waals surface area (Å²) in [7, 11) is 0. The average molecular weight is 1660 g/mol. The van der Waals surface area contributed by atoms with Crippen LogP contribution in [0, 0.1) is 6.57 Å². The van der Waals surface area contributed by atoms with Gasteiger partial charge in [-0.25, -0.2) is 4.85 Å². The number of furan rings is 4. The SMILES string of the molecule is [C-]#[N+]c1ccc2c(c1)c1ccccc1n2-c1ccc2c(c1)-c1ccc(-c3cccc4oc5ccccc5c34)cc1CSC2.c1ccc2c(c1)oc1c(-c3ccc4c(c3)-c3ccc(-c5cccc6oc7ccccc7c56)cc3CSC4)cccc12.c1ccc2c(c1)oc1cccc(-c3ccc4c(c3)CSCc3ccc(-n5c6ccccc6c6ccccc65)cc3-4)c12. The van der Waals surface area contributed by atoms with E-state index in [4.69, 9.17) is 24.2 Å². The molecule has 125 heavy (non-hydrogen) atoms. The van der Waals surface area contributed by atoms with Crippen LogP contribution in [0.1, 0.15) is 33.4 Å². The molecule has 27 rings (SSSR count). The number of rotatable bonds is 6. The molecular weight excluding hydrogens is 1580 g/mol. The third-order valence-electron chi connectivity index (χ3n) is 25.8. The van der Waals surface area contributed by atoms with E-state index in [0.29, 0.717) is 5.69 Å². The molecule has 0 spiro atoms. The maximum atomic E-state index is 7.54. The number of aromatic nitrogens is 2. The van der Waals surface area contributed by atoms with Gasteiger partial charge in [-0.3, -0.25) is 0 Å². The largest absolute Gasteiger partial charge is 0.456 e. The highest BCUT2D eigenvalue weighted by atomic mass is 32.2. The molecule has 0 fully saturated rings. The predicted octanol–water partition coefficient (Wildman–Crippen LogP) is 33.3. The fourth-order valence-corrected chi connectivity index (χ4v) is 23.2. The lowest BCUT2D eigenvalue weighted by atomic mass is 9.90. The molecule has 0 unspecified atom stereocenters. The van der Waals surface area contributed by atoms with Crippen molar-refractivity contribution in [3.05, 3.63) is 415 Å². The van der Waals surface area contributed by atoms with E-state index < -0.39 is 0 Å². The van der Waals surface area contributed by atoms with E-state index >= 15 is 0 Å². The minimum Gasteiger partial charge on any atom is -0.456 e. The Balaban J connectivity index is 0.000000103. The van der Waals surface area contributed by atoms with Crippen molar-refractivity contribution in [2.75, 3.05) is 0 Å². The third-order valence-corrected chi connectivity index (χ3v) is 28.9. The summed E-state index contributed by atoms with van der Waals surface area (Å²) in [5.74, 6) is 5.91. The molecule has 0 aliphatic carbocycles. The molecule has 3 aliphatic rings. The van der Waals surface area contributed by atoms with Gasteiger partial charge in [0.2, 0.25) is 0 Å². The monoisotopic (exact) mass is 1660 g/mol. The minimum atomic E-state index is 0.665. The molecule has 590 valence electrons. The van der Waals surface area contributed by atoms with Gasteiger partial charge in [0, 0.05) is 111 Å². The molecule has 0 amide bonds. The number of para-hydroxylation sites is 8. The number of fused-ring (bicyclic) bond motifs is 27. The number of hydrogen-bond acceptors (Lipinski definition) is 7. The van der Waals surface area contributed by atoms with Gasteiger partial charge >= 0.3 is 0 Å². The number of hydrogen-bond donors (Lipinski definition) is 0. The summed E-state index contributed by atoms with van der Waals surface area (Å²) in [6.07, 6.45) is 0. The second kappa shape index (κ2) is 29.8. The van der Waals surface area contributed by atoms with Crippen LogP contribution in [0.5, 0.6) is 0 Å². The number of thioether (sulfide) groups is 3. The topological polar surface area (TPSA) is 66.8 Å². The minimum absolute atomic E-state index is 0.665. The molecule has 0 radical (unpaired) electrons. The Labute approximate surface area is 732 Å². The second-order valence-corrected chi connectivity index (χ2v) is 35.8. The van der Waals surface area contributed by atoms with Crippen LogP contribution in [0.25, 0.3) is 225 Å². The summed E-state index contributed by atoms with van der Waals surface area (Å²) in [6.45, 7) is 7.54. The molecule has 0 N–H and O–H groups in total. The third kappa shape index (κ3) is 12.2. The molecule has 6 aromatic heterocycles. The molecule has 24 aromatic rings. The zero-order valence-corrected chi connectivity index (χ0v) is 70.1. The Kier molecular flexibility index (Phi) is 17.4. The van der Waals surface area contributed by atoms with Crippen LogP contribution in [0.4, 0.5) is 5.69 Å². The van der Waals surface area contributed by atoms with Gasteiger partial charge < -0.3 is 26.8 Å². The second-order valence-electron chi connectivity index (χ2n) is 32.8. The molecule has 18 aromatic carbocycles. The Morgan fingerprint density at radius 2 is 0.544 bits per heavy atom. The number of nitrogens with zero attached hydrogens (tertiary/aromatic N) is 3. The summed E-state index contributed by atoms with van der Waals surface area (Å²) >= 11 is 5.95. The average Bonchev–Trinajstić information content (AvgIpc) is 1.61. The first-order valence-corrected chi connectivity index (χ1v) is 45.9. The van der Waals surface area contributed by atoms with Crippen molar-refractivity contribution in [1.29, 1.82) is 0 Å². The fraction of sp³-hybridized carbons (Fsp3) is 0.0522. The molecular formula is C115H73N3O4S3. The normalized spacial score (nSPS) is 13.0. The first-order chi connectivity index (χ1) is 61.9. The Morgan fingerprint density at radius 1 is 0.216 bits per heavy atom. The van der Waals surface area contributed by atoms with Gasteiger partial charge in [-0.2, -0.15) is 35.3 Å². The van der Waals surface area contributed by atoms with E-state index in [2.05, 4.69) is 329 Å². The summed E-state index contributed by atoms with van der Waals surface area (Å²) in [6, 6.07) is 133. The van der Waals surface area contributed by atoms with Gasteiger partial charge in [-0.15, -0.1) is 0 Å². The lowest BCUT2D eigenvalue weighted by Gasteiger charge is -2.15. The van der Waals surface area contributed by atoms with Gasteiger partial charge in [-0.1, -0.05) is 249 Å². The first kappa shape index (κ1) is 73.1. The summed E-state index contributed by atoms with van der Waals surface area (Å²) < 4.78 is 29.7. The van der Waals surface area contributed by atoms with Gasteiger partial charge in [0.05, 0.1) is 28.6 Å². The molecule has 0 atom stereocenters. The van der Waals surface area contributed by atoms with Crippen LogP contribution >= 0.6 is 35.3 Å². The fourth-order valence-electron chi connectivity index (χ4n) is 20.1. The maximum Gasteiger partial charge on any atom is 0.188 e. The Bertz CT molecular complexity index is 8590. The molecule has 10 heteroatoms. The van der Waals surface area contributed by atoms with Crippen molar-refractivity contribution in [3.63, 3.8) is 0 Å². The van der Waals surface area contributed by atoms with Crippen LogP contribution in [0.2, 0.25) is 0 Å². The van der Waals surface area contributed by atoms with E-state index in [1.807, 2.05) is 89.9 Å². The molecule has 3 aliphatic heterocycles. The highest BCUT2D eigenvalue weighted by Gasteiger charge is 2.26. The van der Waals surface area contributed by atoms with E-state index in [0.717, 1.165) is 128 Å². The van der Waals surface area contributed by atoms with Crippen LogP contribution in [-0.4, -0.2) is 9.13 Å². The quantitative estimate of drug-likeness (QED) is 0.154. The highest BCUT2D eigenvalue weighted by Crippen LogP contribution is 2.50. The van der Waals surface area contributed by atoms with E-state index in [1.165, 1.54) is 160 Å². The van der Waals surface area contributed by atoms with Crippen LogP contribution in [0.15, 0.2) is 388 Å². The van der Waals surface area contributed by atoms with Gasteiger partial charge in [0.15, 0.2) is 5.69 Å². The standard InChI is InChI=1S/C39H24N2OS.C38H25NOS.C38H24O2S/c1-40-27-15-18-36-34(20-27)31-7-2-4-10-35(31)41(36)28-16-13-25-22-43-23-26-19-24(14-17-29(26)33(25)21-28)30-9-6-12-38-39(30)32-8-3-5-11-37(32)42-38;1-4-12-34-30(8-1)31-9-2-5-13-35(31)39(34)27-18-16-25-22-41-23-26-20-24(17-19-28(26)33(25)21-27)29-11-7-15-37-38(29)32-10-3-6-14-36(32)40-37;1-3-12-34-30(7-1)31-11-5-10-29(38(31)40-34)24-15-16-25-21-41-22-26-19-23(17-18-27(26)33(25)20-24)28-9-6-14-36-37(28)32-8-2-4-13-35(32)39-36/h2-21H,22-23H2;1-21H,22-23H2;1-20H,21-22H2. The summed E-state index contributed by atoms with van der Waals surface area (Å²) in [5, 5.41) is 14.2. The molecule has 9 heterocycles. The molecule has 7 nitrogen and oxygen atoms in total. The van der Waals surface area contributed by atoms with Gasteiger partial charge in [0.1, 0.15) is 44.7 Å². The van der Waals surface area contributed by atoms with E-state index in [9.17, 15) is 0 Å². The van der Waals surface area contributed by atoms with Crippen molar-refractivity contribution in [2.45, 2.75) is 34.5 Å². The Hall–Kier alpha value is -14.7. The van der Waals surface area contributed by atoms with Crippen molar-refractivity contribution >= 4 is 172 Å². The van der Waals surface area contributed by atoms with Crippen LogP contribution in [-0.2, 0) is 34.5 Å². The molecule has 0 saturated heterocycles. The summed E-state index contributed by atoms with van der Waals surface area (Å²) in [5.41, 5.74) is 41.0. The van der Waals surface area contributed by atoms with Crippen molar-refractivity contribution in [1.82, 2.24) is 9.13 Å². The number of benzene rings is 18. The van der Waals surface area contributed by atoms with Crippen molar-refractivity contribution in [2.24, 2.45) is 0 Å². The van der Waals surface area contributed by atoms with Crippen molar-refractivity contribution in [3.8, 4) is 89.3 Å². The lowest BCUT2D eigenvalue weighted by molar-refractivity contribution is 0.668. The highest BCUT2D eigenvalue weighted by molar-refractivity contribution is 7.98. The van der Waals surface area contributed by atoms with E-state index in [-0.39, 0.29) is 0 Å². The summed E-state index contributed by atoms with van der Waals surface area (Å²) in [4.78, 5) is 3.69. The van der Waals surface area contributed by atoms with Crippen LogP contribution < -0.4 is 0 Å². The Morgan fingerprint density at radius 3 is 0.992 bits per heavy atom. The maximum absolute atomic E-state index is 7.54. The first-order valence-electron chi connectivity index (χ1n) is 42.5. The molecule has 0 saturated carbocycles. The van der Waals surface area contributed by atoms with Crippen molar-refractivity contribution < 1.29 is 17.7 Å². The molecule has 0 bridgehead atoms. The predicted molar refractivity (Wildman–Crippen MR) is 526 cm³/mol. The smallest absolute Gasteiger partial charge is 0.188 e. The van der Waals surface area contributed by atoms with Crippen LogP contribution in [0.3, 0.4) is 0 Å². The zero-order chi connectivity index (χ0) is 82.3.